The van der Waals surface area contributed by atoms with E-state index in [0.717, 1.165) is 51.2 Å². The number of carbonyl (C=O) groups excluding carboxylic acids is 1. The van der Waals surface area contributed by atoms with E-state index in [1.165, 1.54) is 25.0 Å². The summed E-state index contributed by atoms with van der Waals surface area (Å²) in [6.07, 6.45) is 6.01. The first-order chi connectivity index (χ1) is 13.8. The number of piperidine rings is 1. The fourth-order valence-electron chi connectivity index (χ4n) is 3.44. The molecule has 0 radical (unpaired) electrons. The van der Waals surface area contributed by atoms with Crippen LogP contribution in [0.2, 0.25) is 10.0 Å². The Morgan fingerprint density at radius 1 is 1.10 bits per heavy atom. The fourth-order valence-corrected chi connectivity index (χ4v) is 5.60. The quantitative estimate of drug-likeness (QED) is 0.549. The molecule has 0 atom stereocenters. The third-order valence-electron chi connectivity index (χ3n) is 5.52. The first-order valence-corrected chi connectivity index (χ1v) is 12.5. The van der Waals surface area contributed by atoms with E-state index < -0.39 is 10.0 Å². The number of hydrogen-bond acceptors (Lipinski definition) is 4. The summed E-state index contributed by atoms with van der Waals surface area (Å²) in [5.41, 5.74) is 0.122. The lowest BCUT2D eigenvalue weighted by Gasteiger charge is -2.30. The molecule has 2 aliphatic rings. The van der Waals surface area contributed by atoms with E-state index in [9.17, 15) is 13.2 Å². The van der Waals surface area contributed by atoms with Crippen molar-refractivity contribution in [2.75, 3.05) is 26.2 Å². The lowest BCUT2D eigenvalue weighted by molar-refractivity contribution is 0.0952. The van der Waals surface area contributed by atoms with E-state index in [0.29, 0.717) is 6.54 Å². The van der Waals surface area contributed by atoms with Gasteiger partial charge in [-0.1, -0.05) is 30.1 Å². The molecule has 1 aromatic rings. The minimum atomic E-state index is -3.77. The Morgan fingerprint density at radius 2 is 1.79 bits per heavy atom. The number of halogens is 2. The van der Waals surface area contributed by atoms with E-state index in [1.54, 1.807) is 0 Å². The standard InChI is InChI=1S/C20H29Cl2N3O3S/c1-14-6-10-25(11-7-14)9-3-2-8-23-20(26)16-12-19(18(22)13-17(16)21)29(27,28)24-15-4-5-15/h12-15,24H,2-11H2,1H3,(H,23,26). The normalized spacial score (nSPS) is 18.7. The van der Waals surface area contributed by atoms with Gasteiger partial charge < -0.3 is 10.2 Å². The van der Waals surface area contributed by atoms with Gasteiger partial charge >= 0.3 is 0 Å². The summed E-state index contributed by atoms with van der Waals surface area (Å²) in [6, 6.07) is 2.53. The molecule has 3 rings (SSSR count). The Morgan fingerprint density at radius 3 is 2.45 bits per heavy atom. The molecule has 0 aromatic heterocycles. The monoisotopic (exact) mass is 461 g/mol. The van der Waals surface area contributed by atoms with Crippen LogP contribution in [0, 0.1) is 5.92 Å². The highest BCUT2D eigenvalue weighted by Gasteiger charge is 2.30. The minimum Gasteiger partial charge on any atom is -0.352 e. The second-order valence-corrected chi connectivity index (χ2v) is 10.6. The molecule has 1 amide bonds. The molecule has 2 N–H and O–H groups in total. The molecule has 9 heteroatoms. The second kappa shape index (κ2) is 9.96. The molecule has 0 spiro atoms. The summed E-state index contributed by atoms with van der Waals surface area (Å²) in [5, 5.41) is 2.98. The number of rotatable bonds is 9. The van der Waals surface area contributed by atoms with Gasteiger partial charge in [0.25, 0.3) is 5.91 Å². The molecule has 1 heterocycles. The summed E-state index contributed by atoms with van der Waals surface area (Å²) in [5.74, 6) is 0.434. The third kappa shape index (κ3) is 6.56. The van der Waals surface area contributed by atoms with Crippen molar-refractivity contribution in [3.05, 3.63) is 27.7 Å². The number of benzene rings is 1. The van der Waals surface area contributed by atoms with E-state index in [2.05, 4.69) is 21.9 Å². The van der Waals surface area contributed by atoms with Crippen LogP contribution in [0.5, 0.6) is 0 Å². The van der Waals surface area contributed by atoms with Crippen molar-refractivity contribution in [3.8, 4) is 0 Å². The van der Waals surface area contributed by atoms with Crippen LogP contribution < -0.4 is 10.0 Å². The maximum absolute atomic E-state index is 12.5. The van der Waals surface area contributed by atoms with Crippen molar-refractivity contribution in [1.29, 1.82) is 0 Å². The molecular formula is C20H29Cl2N3O3S. The zero-order valence-electron chi connectivity index (χ0n) is 16.7. The molecular weight excluding hydrogens is 433 g/mol. The van der Waals surface area contributed by atoms with E-state index in [-0.39, 0.29) is 32.5 Å². The third-order valence-corrected chi connectivity index (χ3v) is 7.82. The van der Waals surface area contributed by atoms with E-state index >= 15 is 0 Å². The highest BCUT2D eigenvalue weighted by Crippen LogP contribution is 2.30. The molecule has 1 saturated carbocycles. The van der Waals surface area contributed by atoms with Crippen LogP contribution in [0.4, 0.5) is 0 Å². The summed E-state index contributed by atoms with van der Waals surface area (Å²) in [6.45, 7) is 6.16. The van der Waals surface area contributed by atoms with E-state index in [4.69, 9.17) is 23.2 Å². The number of carbonyl (C=O) groups is 1. The molecule has 1 aliphatic carbocycles. The molecule has 0 bridgehead atoms. The van der Waals surface area contributed by atoms with Crippen LogP contribution in [-0.2, 0) is 10.0 Å². The Hall–Kier alpha value is -0.860. The Kier molecular flexibility index (Phi) is 7.84. The minimum absolute atomic E-state index is 0.00977. The molecule has 1 aliphatic heterocycles. The predicted molar refractivity (Wildman–Crippen MR) is 116 cm³/mol. The van der Waals surface area contributed by atoms with Crippen molar-refractivity contribution >= 4 is 39.1 Å². The van der Waals surface area contributed by atoms with Crippen LogP contribution in [0.15, 0.2) is 17.0 Å². The maximum atomic E-state index is 12.5. The molecule has 1 aromatic carbocycles. The lowest BCUT2D eigenvalue weighted by atomic mass is 9.99. The Bertz CT molecular complexity index is 836. The van der Waals surface area contributed by atoms with Crippen molar-refractivity contribution in [2.45, 2.75) is 56.4 Å². The Balaban J connectivity index is 1.51. The number of nitrogens with one attached hydrogen (secondary N) is 2. The highest BCUT2D eigenvalue weighted by atomic mass is 35.5. The zero-order chi connectivity index (χ0) is 21.0. The van der Waals surface area contributed by atoms with Crippen LogP contribution in [0.3, 0.4) is 0 Å². The number of unbranched alkanes of at least 4 members (excludes halogenated alkanes) is 1. The van der Waals surface area contributed by atoms with Gasteiger partial charge in [0.2, 0.25) is 10.0 Å². The first-order valence-electron chi connectivity index (χ1n) is 10.3. The molecule has 1 saturated heterocycles. The number of likely N-dealkylation sites (tertiary alicyclic amines) is 1. The smallest absolute Gasteiger partial charge is 0.252 e. The molecule has 29 heavy (non-hydrogen) atoms. The summed E-state index contributed by atoms with van der Waals surface area (Å²) in [4.78, 5) is 14.9. The maximum Gasteiger partial charge on any atom is 0.252 e. The first kappa shape index (κ1) is 22.8. The number of amides is 1. The van der Waals surface area contributed by atoms with Gasteiger partial charge in [-0.05, 0) is 76.2 Å². The molecule has 6 nitrogen and oxygen atoms in total. The SMILES string of the molecule is CC1CCN(CCCCNC(=O)c2cc(S(=O)(=O)NC3CC3)c(Cl)cc2Cl)CC1. The summed E-state index contributed by atoms with van der Waals surface area (Å²) < 4.78 is 27.5. The van der Waals surface area contributed by atoms with Crippen LogP contribution in [0.1, 0.15) is 55.8 Å². The molecule has 162 valence electrons. The van der Waals surface area contributed by atoms with Gasteiger partial charge in [-0.15, -0.1) is 0 Å². The topological polar surface area (TPSA) is 78.5 Å². The van der Waals surface area contributed by atoms with Crippen LogP contribution in [0.25, 0.3) is 0 Å². The summed E-state index contributed by atoms with van der Waals surface area (Å²) >= 11 is 12.2. The van der Waals surface area contributed by atoms with Gasteiger partial charge in [0.15, 0.2) is 0 Å². The van der Waals surface area contributed by atoms with Gasteiger partial charge in [0.1, 0.15) is 4.90 Å². The Labute approximate surface area is 183 Å². The highest BCUT2D eigenvalue weighted by molar-refractivity contribution is 7.89. The van der Waals surface area contributed by atoms with Gasteiger partial charge in [-0.2, -0.15) is 0 Å². The van der Waals surface area contributed by atoms with Gasteiger partial charge in [-0.25, -0.2) is 13.1 Å². The van der Waals surface area contributed by atoms with Crippen molar-refractivity contribution in [3.63, 3.8) is 0 Å². The summed E-state index contributed by atoms with van der Waals surface area (Å²) in [7, 11) is -3.77. The van der Waals surface area contributed by atoms with E-state index in [1.807, 2.05) is 0 Å². The van der Waals surface area contributed by atoms with Gasteiger partial charge in [0, 0.05) is 12.6 Å². The van der Waals surface area contributed by atoms with Gasteiger partial charge in [0.05, 0.1) is 15.6 Å². The largest absolute Gasteiger partial charge is 0.352 e. The predicted octanol–water partition coefficient (Wildman–Crippen LogP) is 3.68. The number of hydrogen-bond donors (Lipinski definition) is 2. The van der Waals surface area contributed by atoms with Gasteiger partial charge in [-0.3, -0.25) is 4.79 Å². The lowest BCUT2D eigenvalue weighted by Crippen LogP contribution is -2.34. The average Bonchev–Trinajstić information content (AvgIpc) is 3.46. The molecule has 0 unspecified atom stereocenters. The second-order valence-electron chi connectivity index (χ2n) is 8.15. The van der Waals surface area contributed by atoms with Crippen LogP contribution >= 0.6 is 23.2 Å². The van der Waals surface area contributed by atoms with Crippen molar-refractivity contribution in [2.24, 2.45) is 5.92 Å². The number of nitrogens with zero attached hydrogens (tertiary/aromatic N) is 1. The zero-order valence-corrected chi connectivity index (χ0v) is 19.0. The van der Waals surface area contributed by atoms with Crippen molar-refractivity contribution in [1.82, 2.24) is 14.9 Å². The average molecular weight is 462 g/mol. The van der Waals surface area contributed by atoms with Crippen molar-refractivity contribution < 1.29 is 13.2 Å². The fraction of sp³-hybridized carbons (Fsp3) is 0.650. The molecule has 2 fully saturated rings. The number of sulfonamides is 1. The van der Waals surface area contributed by atoms with Crippen LogP contribution in [-0.4, -0.2) is 51.4 Å².